The molecule has 1 aliphatic carbocycles. The Morgan fingerprint density at radius 2 is 1.36 bits per heavy atom. The number of rotatable bonds is 4. The lowest BCUT2D eigenvalue weighted by atomic mass is 9.82. The first-order valence-corrected chi connectivity index (χ1v) is 16.3. The summed E-state index contributed by atoms with van der Waals surface area (Å²) in [5.74, 6) is 0. The van der Waals surface area contributed by atoms with Gasteiger partial charge in [-0.25, -0.2) is 0 Å². The molecule has 0 fully saturated rings. The van der Waals surface area contributed by atoms with Crippen molar-refractivity contribution in [3.63, 3.8) is 0 Å². The van der Waals surface area contributed by atoms with Crippen molar-refractivity contribution in [3.05, 3.63) is 156 Å². The molecule has 0 saturated carbocycles. The van der Waals surface area contributed by atoms with Crippen LogP contribution >= 0.6 is 11.3 Å². The van der Waals surface area contributed by atoms with E-state index in [9.17, 15) is 0 Å². The highest BCUT2D eigenvalue weighted by Crippen LogP contribution is 2.51. The van der Waals surface area contributed by atoms with Gasteiger partial charge in [-0.2, -0.15) is 0 Å². The minimum absolute atomic E-state index is 0.0514. The van der Waals surface area contributed by atoms with Crippen LogP contribution in [-0.2, 0) is 5.41 Å². The average Bonchev–Trinajstić information content (AvgIpc) is 3.77. The van der Waals surface area contributed by atoms with Gasteiger partial charge in [0.1, 0.15) is 0 Å². The van der Waals surface area contributed by atoms with E-state index in [-0.39, 0.29) is 5.41 Å². The van der Waals surface area contributed by atoms with E-state index in [2.05, 4.69) is 150 Å². The minimum atomic E-state index is -0.0514. The van der Waals surface area contributed by atoms with Gasteiger partial charge in [0, 0.05) is 38.5 Å². The minimum Gasteiger partial charge on any atom is -0.309 e. The molecule has 0 unspecified atom stereocenters. The molecule has 214 valence electrons. The number of benzene rings is 5. The summed E-state index contributed by atoms with van der Waals surface area (Å²) in [5, 5.41) is 4.86. The van der Waals surface area contributed by atoms with Gasteiger partial charge in [0.15, 0.2) is 0 Å². The molecule has 0 spiro atoms. The van der Waals surface area contributed by atoms with Crippen LogP contribution in [0.1, 0.15) is 25.0 Å². The predicted molar refractivity (Wildman–Crippen MR) is 190 cm³/mol. The van der Waals surface area contributed by atoms with E-state index in [0.29, 0.717) is 0 Å². The number of aromatic nitrogens is 2. The van der Waals surface area contributed by atoms with Crippen LogP contribution in [0, 0.1) is 0 Å². The van der Waals surface area contributed by atoms with Crippen LogP contribution in [0.4, 0.5) is 0 Å². The third-order valence-corrected chi connectivity index (χ3v) is 10.5. The van der Waals surface area contributed by atoms with Gasteiger partial charge in [0.25, 0.3) is 0 Å². The monoisotopic (exact) mass is 594 g/mol. The molecule has 3 heteroatoms. The Kier molecular flexibility index (Phi) is 5.75. The van der Waals surface area contributed by atoms with Crippen molar-refractivity contribution in [3.8, 4) is 49.6 Å². The lowest BCUT2D eigenvalue weighted by Gasteiger charge is -2.21. The Morgan fingerprint density at radius 3 is 2.22 bits per heavy atom. The van der Waals surface area contributed by atoms with Crippen molar-refractivity contribution in [1.29, 1.82) is 0 Å². The van der Waals surface area contributed by atoms with Gasteiger partial charge in [-0.05, 0) is 105 Å². The number of fused-ring (bicyclic) bond motifs is 6. The SMILES string of the molecule is CC1(C)c2ccccc2-c2cc3c4cc(-c5csc(-c6cccc(-c7ccccn7)c6)c5)ccc4n(-c4ccccc4)c3cc21. The second-order valence-electron chi connectivity index (χ2n) is 12.5. The van der Waals surface area contributed by atoms with E-state index in [4.69, 9.17) is 0 Å². The van der Waals surface area contributed by atoms with E-state index in [1.54, 1.807) is 11.3 Å². The van der Waals surface area contributed by atoms with E-state index in [1.807, 2.05) is 18.3 Å². The fourth-order valence-electron chi connectivity index (χ4n) is 7.25. The zero-order valence-corrected chi connectivity index (χ0v) is 26.0. The van der Waals surface area contributed by atoms with Crippen LogP contribution in [0.5, 0.6) is 0 Å². The fraction of sp³-hybridized carbons (Fsp3) is 0.0714. The first-order chi connectivity index (χ1) is 22.1. The molecule has 8 aromatic rings. The molecule has 0 saturated heterocycles. The summed E-state index contributed by atoms with van der Waals surface area (Å²) >= 11 is 1.80. The Hall–Kier alpha value is -5.25. The smallest absolute Gasteiger partial charge is 0.0702 e. The van der Waals surface area contributed by atoms with Gasteiger partial charge in [-0.15, -0.1) is 11.3 Å². The van der Waals surface area contributed by atoms with E-state index in [0.717, 1.165) is 11.3 Å². The van der Waals surface area contributed by atoms with Crippen molar-refractivity contribution >= 4 is 33.1 Å². The van der Waals surface area contributed by atoms with Gasteiger partial charge in [-0.1, -0.05) is 86.6 Å². The molecule has 5 aromatic carbocycles. The summed E-state index contributed by atoms with van der Waals surface area (Å²) in [6.07, 6.45) is 1.85. The number of para-hydroxylation sites is 1. The lowest BCUT2D eigenvalue weighted by Crippen LogP contribution is -2.14. The maximum atomic E-state index is 4.56. The van der Waals surface area contributed by atoms with Crippen LogP contribution in [0.3, 0.4) is 0 Å². The summed E-state index contributed by atoms with van der Waals surface area (Å²) in [7, 11) is 0. The fourth-order valence-corrected chi connectivity index (χ4v) is 8.17. The summed E-state index contributed by atoms with van der Waals surface area (Å²) in [6.45, 7) is 4.72. The Labute approximate surface area is 266 Å². The number of hydrogen-bond donors (Lipinski definition) is 0. The van der Waals surface area contributed by atoms with Gasteiger partial charge in [0.05, 0.1) is 16.7 Å². The highest BCUT2D eigenvalue weighted by molar-refractivity contribution is 7.14. The molecule has 3 aromatic heterocycles. The summed E-state index contributed by atoms with van der Waals surface area (Å²) in [5.41, 5.74) is 14.9. The Morgan fingerprint density at radius 1 is 0.556 bits per heavy atom. The summed E-state index contributed by atoms with van der Waals surface area (Å²) < 4.78 is 2.44. The van der Waals surface area contributed by atoms with Crippen LogP contribution in [-0.4, -0.2) is 9.55 Å². The molecule has 0 aliphatic heterocycles. The molecule has 3 heterocycles. The third-order valence-electron chi connectivity index (χ3n) is 9.52. The Bertz CT molecular complexity index is 2390. The van der Waals surface area contributed by atoms with Crippen molar-refractivity contribution in [2.24, 2.45) is 0 Å². The summed E-state index contributed by atoms with van der Waals surface area (Å²) in [6, 6.07) is 48.7. The number of nitrogens with zero attached hydrogens (tertiary/aromatic N) is 2. The van der Waals surface area contributed by atoms with Crippen molar-refractivity contribution in [1.82, 2.24) is 9.55 Å². The average molecular weight is 595 g/mol. The molecule has 9 rings (SSSR count). The number of hydrogen-bond acceptors (Lipinski definition) is 2. The third kappa shape index (κ3) is 4.04. The second-order valence-corrected chi connectivity index (χ2v) is 13.4. The molecular weight excluding hydrogens is 565 g/mol. The van der Waals surface area contributed by atoms with E-state index < -0.39 is 0 Å². The number of thiophene rings is 1. The molecule has 0 bridgehead atoms. The first kappa shape index (κ1) is 26.2. The largest absolute Gasteiger partial charge is 0.309 e. The van der Waals surface area contributed by atoms with Gasteiger partial charge < -0.3 is 4.57 Å². The molecule has 1 aliphatic rings. The van der Waals surface area contributed by atoms with Gasteiger partial charge in [-0.3, -0.25) is 4.98 Å². The van der Waals surface area contributed by atoms with Crippen molar-refractivity contribution in [2.45, 2.75) is 19.3 Å². The zero-order chi connectivity index (χ0) is 30.1. The van der Waals surface area contributed by atoms with E-state index >= 15 is 0 Å². The Balaban J connectivity index is 1.22. The summed E-state index contributed by atoms with van der Waals surface area (Å²) in [4.78, 5) is 5.81. The maximum Gasteiger partial charge on any atom is 0.0702 e. The highest BCUT2D eigenvalue weighted by Gasteiger charge is 2.36. The van der Waals surface area contributed by atoms with Crippen LogP contribution in [0.15, 0.2) is 145 Å². The first-order valence-electron chi connectivity index (χ1n) is 15.4. The molecule has 0 radical (unpaired) electrons. The standard InChI is InChI=1S/C42H30N2S/c1-42(2)36-16-7-6-15-32(36)33-24-35-34-22-27(18-19-39(34)44(40(35)25-37(33)42)31-13-4-3-5-14-31)30-23-41(45-26-30)29-12-10-11-28(21-29)38-17-8-9-20-43-38/h3-26H,1-2H3. The molecule has 2 nitrogen and oxygen atoms in total. The maximum absolute atomic E-state index is 4.56. The van der Waals surface area contributed by atoms with Crippen LogP contribution in [0.25, 0.3) is 71.4 Å². The zero-order valence-electron chi connectivity index (χ0n) is 25.2. The van der Waals surface area contributed by atoms with Crippen molar-refractivity contribution < 1.29 is 0 Å². The van der Waals surface area contributed by atoms with Gasteiger partial charge in [0.2, 0.25) is 0 Å². The second kappa shape index (κ2) is 9.88. The van der Waals surface area contributed by atoms with Crippen LogP contribution < -0.4 is 0 Å². The highest BCUT2D eigenvalue weighted by atomic mass is 32.1. The molecule has 0 amide bonds. The molecule has 0 N–H and O–H groups in total. The molecular formula is C42H30N2S. The van der Waals surface area contributed by atoms with Crippen LogP contribution in [0.2, 0.25) is 0 Å². The quantitative estimate of drug-likeness (QED) is 0.198. The molecule has 0 atom stereocenters. The van der Waals surface area contributed by atoms with Crippen molar-refractivity contribution in [2.75, 3.05) is 0 Å². The number of pyridine rings is 1. The topological polar surface area (TPSA) is 17.8 Å². The normalized spacial score (nSPS) is 13.3. The lowest BCUT2D eigenvalue weighted by molar-refractivity contribution is 0.661. The molecule has 45 heavy (non-hydrogen) atoms. The predicted octanol–water partition coefficient (Wildman–Crippen LogP) is 11.5. The van der Waals surface area contributed by atoms with E-state index in [1.165, 1.54) is 71.3 Å². The van der Waals surface area contributed by atoms with Gasteiger partial charge >= 0.3 is 0 Å².